The molecule has 3 rings (SSSR count). The van der Waals surface area contributed by atoms with E-state index in [0.29, 0.717) is 11.1 Å². The van der Waals surface area contributed by atoms with Crippen LogP contribution in [0, 0.1) is 13.8 Å². The van der Waals surface area contributed by atoms with Crippen molar-refractivity contribution in [3.63, 3.8) is 0 Å². The van der Waals surface area contributed by atoms with Crippen molar-refractivity contribution in [1.29, 1.82) is 0 Å². The Labute approximate surface area is 148 Å². The molecule has 4 nitrogen and oxygen atoms in total. The third-order valence-corrected chi connectivity index (χ3v) is 4.44. The summed E-state index contributed by atoms with van der Waals surface area (Å²) in [6.07, 6.45) is 2.32. The Hall–Kier alpha value is -2.53. The Kier molecular flexibility index (Phi) is 4.44. The molecule has 0 spiro atoms. The molecule has 24 heavy (non-hydrogen) atoms. The van der Waals surface area contributed by atoms with Crippen LogP contribution in [0.4, 0.5) is 5.69 Å². The van der Waals surface area contributed by atoms with Crippen molar-refractivity contribution in [2.45, 2.75) is 13.8 Å². The van der Waals surface area contributed by atoms with Crippen molar-refractivity contribution in [1.82, 2.24) is 4.98 Å². The molecule has 1 amide bonds. The second-order valence-corrected chi connectivity index (χ2v) is 6.53. The van der Waals surface area contributed by atoms with Gasteiger partial charge in [-0.05, 0) is 61.4 Å². The second-order valence-electron chi connectivity index (χ2n) is 5.61. The Morgan fingerprint density at radius 1 is 1.17 bits per heavy atom. The molecule has 0 fully saturated rings. The maximum Gasteiger partial charge on any atom is 0.255 e. The van der Waals surface area contributed by atoms with E-state index in [9.17, 15) is 9.59 Å². The zero-order valence-electron chi connectivity index (χ0n) is 13.3. The zero-order valence-corrected chi connectivity index (χ0v) is 14.8. The quantitative estimate of drug-likeness (QED) is 0.669. The van der Waals surface area contributed by atoms with Gasteiger partial charge in [0.2, 0.25) is 0 Å². The van der Waals surface area contributed by atoms with Gasteiger partial charge in [-0.15, -0.1) is 0 Å². The maximum atomic E-state index is 12.5. The van der Waals surface area contributed by atoms with Crippen LogP contribution < -0.4 is 5.32 Å². The number of anilines is 1. The molecule has 0 atom stereocenters. The third kappa shape index (κ3) is 3.08. The fourth-order valence-electron chi connectivity index (χ4n) is 2.69. The van der Waals surface area contributed by atoms with E-state index in [4.69, 9.17) is 0 Å². The molecule has 0 aliphatic carbocycles. The number of hydrogen-bond donors (Lipinski definition) is 1. The van der Waals surface area contributed by atoms with Gasteiger partial charge in [-0.1, -0.05) is 15.9 Å². The number of rotatable bonds is 3. The summed E-state index contributed by atoms with van der Waals surface area (Å²) in [6.45, 7) is 3.84. The van der Waals surface area contributed by atoms with Gasteiger partial charge < -0.3 is 5.32 Å². The van der Waals surface area contributed by atoms with Crippen LogP contribution in [0.1, 0.15) is 31.8 Å². The molecule has 0 saturated carbocycles. The topological polar surface area (TPSA) is 59.1 Å². The Bertz CT molecular complexity index is 950. The fourth-order valence-corrected chi connectivity index (χ4v) is 2.95. The summed E-state index contributed by atoms with van der Waals surface area (Å²) in [5.74, 6) is -0.169. The van der Waals surface area contributed by atoms with E-state index in [-0.39, 0.29) is 5.91 Å². The molecule has 0 unspecified atom stereocenters. The molecular formula is C19H15BrN2O2. The molecule has 1 aromatic heterocycles. The highest BCUT2D eigenvalue weighted by Crippen LogP contribution is 2.29. The lowest BCUT2D eigenvalue weighted by Crippen LogP contribution is -2.14. The third-order valence-electron chi connectivity index (χ3n) is 3.92. The number of fused-ring (bicyclic) bond motifs is 1. The van der Waals surface area contributed by atoms with Crippen LogP contribution >= 0.6 is 15.9 Å². The van der Waals surface area contributed by atoms with Crippen LogP contribution in [0.15, 0.2) is 47.1 Å². The van der Waals surface area contributed by atoms with Gasteiger partial charge in [-0.3, -0.25) is 14.6 Å². The molecule has 3 aromatic rings. The monoisotopic (exact) mass is 382 g/mol. The number of benzene rings is 2. The van der Waals surface area contributed by atoms with Gasteiger partial charge in [0.05, 0.1) is 5.52 Å². The first-order valence-corrected chi connectivity index (χ1v) is 8.21. The molecular weight excluding hydrogens is 368 g/mol. The van der Waals surface area contributed by atoms with Gasteiger partial charge in [-0.2, -0.15) is 0 Å². The normalized spacial score (nSPS) is 10.6. The minimum atomic E-state index is -0.169. The highest BCUT2D eigenvalue weighted by atomic mass is 79.9. The summed E-state index contributed by atoms with van der Waals surface area (Å²) in [6, 6.07) is 10.9. The molecule has 1 N–H and O–H groups in total. The number of halogens is 1. The van der Waals surface area contributed by atoms with E-state index in [0.717, 1.165) is 38.5 Å². The van der Waals surface area contributed by atoms with E-state index in [1.165, 1.54) is 6.20 Å². The zero-order chi connectivity index (χ0) is 17.3. The molecule has 5 heteroatoms. The van der Waals surface area contributed by atoms with Crippen molar-refractivity contribution in [2.75, 3.05) is 5.32 Å². The number of hydrogen-bond acceptors (Lipinski definition) is 3. The van der Waals surface area contributed by atoms with Crippen molar-refractivity contribution < 1.29 is 9.59 Å². The van der Waals surface area contributed by atoms with Gasteiger partial charge in [0, 0.05) is 32.9 Å². The SMILES string of the molecule is Cc1cc2cc(C=O)cnc2c(C)c1NC(=O)c1ccc(Br)cc1. The van der Waals surface area contributed by atoms with Crippen LogP contribution in [0.2, 0.25) is 0 Å². The van der Waals surface area contributed by atoms with E-state index in [1.807, 2.05) is 32.0 Å². The van der Waals surface area contributed by atoms with Gasteiger partial charge in [0.1, 0.15) is 0 Å². The van der Waals surface area contributed by atoms with Crippen LogP contribution in [0.5, 0.6) is 0 Å². The largest absolute Gasteiger partial charge is 0.321 e. The summed E-state index contributed by atoms with van der Waals surface area (Å²) < 4.78 is 0.923. The lowest BCUT2D eigenvalue weighted by atomic mass is 10.0. The molecule has 1 heterocycles. The predicted molar refractivity (Wildman–Crippen MR) is 98.7 cm³/mol. The van der Waals surface area contributed by atoms with Crippen LogP contribution in [-0.4, -0.2) is 17.2 Å². The minimum Gasteiger partial charge on any atom is -0.321 e. The standard InChI is InChI=1S/C19H15BrN2O2/c1-11-7-15-8-13(10-23)9-21-18(15)12(2)17(11)22-19(24)14-3-5-16(20)6-4-14/h3-10H,1-2H3,(H,22,24). The molecule has 0 bridgehead atoms. The highest BCUT2D eigenvalue weighted by Gasteiger charge is 2.13. The number of aromatic nitrogens is 1. The summed E-state index contributed by atoms with van der Waals surface area (Å²) >= 11 is 3.36. The van der Waals surface area contributed by atoms with E-state index in [1.54, 1.807) is 18.2 Å². The summed E-state index contributed by atoms with van der Waals surface area (Å²) in [4.78, 5) is 27.7. The molecule has 0 aliphatic rings. The second kappa shape index (κ2) is 6.53. The summed E-state index contributed by atoms with van der Waals surface area (Å²) in [5.41, 5.74) is 4.46. The number of aryl methyl sites for hydroxylation is 2. The molecule has 120 valence electrons. The van der Waals surface area contributed by atoms with E-state index in [2.05, 4.69) is 26.2 Å². The smallest absolute Gasteiger partial charge is 0.255 e. The van der Waals surface area contributed by atoms with Crippen LogP contribution in [0.3, 0.4) is 0 Å². The predicted octanol–water partition coefficient (Wildman–Crippen LogP) is 4.68. The van der Waals surface area contributed by atoms with Gasteiger partial charge >= 0.3 is 0 Å². The summed E-state index contributed by atoms with van der Waals surface area (Å²) in [7, 11) is 0. The number of carbonyl (C=O) groups is 2. The highest BCUT2D eigenvalue weighted by molar-refractivity contribution is 9.10. The average molecular weight is 383 g/mol. The maximum absolute atomic E-state index is 12.5. The minimum absolute atomic E-state index is 0.169. The fraction of sp³-hybridized carbons (Fsp3) is 0.105. The number of carbonyl (C=O) groups excluding carboxylic acids is 2. The van der Waals surface area contributed by atoms with Crippen molar-refractivity contribution in [2.24, 2.45) is 0 Å². The van der Waals surface area contributed by atoms with Gasteiger partial charge in [-0.25, -0.2) is 0 Å². The van der Waals surface area contributed by atoms with Crippen molar-refractivity contribution in [3.8, 4) is 0 Å². The molecule has 2 aromatic carbocycles. The number of aldehydes is 1. The Morgan fingerprint density at radius 2 is 1.88 bits per heavy atom. The Balaban J connectivity index is 2.01. The van der Waals surface area contributed by atoms with Crippen molar-refractivity contribution in [3.05, 3.63) is 69.3 Å². The first-order valence-electron chi connectivity index (χ1n) is 7.41. The molecule has 0 aliphatic heterocycles. The summed E-state index contributed by atoms with van der Waals surface area (Å²) in [5, 5.41) is 3.86. The lowest BCUT2D eigenvalue weighted by Gasteiger charge is -2.14. The van der Waals surface area contributed by atoms with E-state index < -0.39 is 0 Å². The van der Waals surface area contributed by atoms with Crippen molar-refractivity contribution >= 4 is 44.7 Å². The number of pyridine rings is 1. The number of nitrogens with one attached hydrogen (secondary N) is 1. The molecule has 0 saturated heterocycles. The van der Waals surface area contributed by atoms with Gasteiger partial charge in [0.25, 0.3) is 5.91 Å². The number of amides is 1. The van der Waals surface area contributed by atoms with Crippen LogP contribution in [0.25, 0.3) is 10.9 Å². The lowest BCUT2D eigenvalue weighted by molar-refractivity contribution is 0.102. The number of nitrogens with zero attached hydrogens (tertiary/aromatic N) is 1. The van der Waals surface area contributed by atoms with Gasteiger partial charge in [0.15, 0.2) is 6.29 Å². The average Bonchev–Trinajstić information content (AvgIpc) is 2.58. The first kappa shape index (κ1) is 16.3. The van der Waals surface area contributed by atoms with E-state index >= 15 is 0 Å². The Morgan fingerprint density at radius 3 is 2.54 bits per heavy atom. The molecule has 0 radical (unpaired) electrons. The van der Waals surface area contributed by atoms with Crippen LogP contribution in [-0.2, 0) is 0 Å². The first-order chi connectivity index (χ1) is 11.5.